The van der Waals surface area contributed by atoms with Gasteiger partial charge in [0.15, 0.2) is 0 Å². The van der Waals surface area contributed by atoms with Gasteiger partial charge in [0.2, 0.25) is 0 Å². The lowest BCUT2D eigenvalue weighted by Crippen LogP contribution is -2.40. The van der Waals surface area contributed by atoms with Crippen molar-refractivity contribution < 1.29 is 14.3 Å². The molecule has 0 saturated carbocycles. The number of rotatable bonds is 4. The average molecular weight is 376 g/mol. The summed E-state index contributed by atoms with van der Waals surface area (Å²) in [7, 11) is 1.58. The van der Waals surface area contributed by atoms with E-state index in [-0.39, 0.29) is 12.5 Å². The van der Waals surface area contributed by atoms with Crippen LogP contribution in [0.1, 0.15) is 23.9 Å². The molecule has 0 radical (unpaired) electrons. The number of aromatic nitrogens is 2. The zero-order valence-electron chi connectivity index (χ0n) is 15.9. The number of amides is 3. The number of para-hydroxylation sites is 2. The number of nitrogens with one attached hydrogen (secondary N) is 1. The number of methoxy groups -OCH3 is 1. The number of ether oxygens (including phenoxy) is 1. The van der Waals surface area contributed by atoms with Crippen molar-refractivity contribution in [3.8, 4) is 5.75 Å². The van der Waals surface area contributed by atoms with Gasteiger partial charge in [-0.2, -0.15) is 0 Å². The van der Waals surface area contributed by atoms with Gasteiger partial charge in [0.25, 0.3) is 5.91 Å². The van der Waals surface area contributed by atoms with Crippen molar-refractivity contribution in [2.75, 3.05) is 7.11 Å². The Morgan fingerprint density at radius 1 is 1.04 bits per heavy atom. The summed E-state index contributed by atoms with van der Waals surface area (Å²) in [6.45, 7) is 3.60. The lowest BCUT2D eigenvalue weighted by molar-refractivity contribution is -0.131. The van der Waals surface area contributed by atoms with Gasteiger partial charge in [-0.05, 0) is 43.7 Å². The molecule has 1 saturated heterocycles. The van der Waals surface area contributed by atoms with Gasteiger partial charge in [-0.15, -0.1) is 0 Å². The third-order valence-corrected chi connectivity index (χ3v) is 5.09. The molecule has 1 fully saturated rings. The normalized spacial score (nSPS) is 19.2. The van der Waals surface area contributed by atoms with Crippen molar-refractivity contribution in [2.24, 2.45) is 0 Å². The van der Waals surface area contributed by atoms with E-state index >= 15 is 0 Å². The molecule has 28 heavy (non-hydrogen) atoms. The second-order valence-electron chi connectivity index (χ2n) is 6.92. The summed E-state index contributed by atoms with van der Waals surface area (Å²) in [6, 6.07) is 14.2. The van der Waals surface area contributed by atoms with Crippen LogP contribution in [0.3, 0.4) is 0 Å². The van der Waals surface area contributed by atoms with Gasteiger partial charge in [-0.25, -0.2) is 14.8 Å². The topological polar surface area (TPSA) is 84.4 Å². The zero-order chi connectivity index (χ0) is 19.9. The van der Waals surface area contributed by atoms with E-state index in [1.165, 1.54) is 4.90 Å². The van der Waals surface area contributed by atoms with Gasteiger partial charge in [0.1, 0.15) is 11.3 Å². The molecule has 1 aliphatic heterocycles. The zero-order valence-corrected chi connectivity index (χ0v) is 15.9. The number of benzene rings is 2. The number of fused-ring (bicyclic) bond motifs is 1. The second-order valence-corrected chi connectivity index (χ2v) is 6.92. The minimum atomic E-state index is -1.14. The van der Waals surface area contributed by atoms with Crippen molar-refractivity contribution >= 4 is 23.0 Å². The number of carbonyl (C=O) groups is 2. The number of imide groups is 1. The van der Waals surface area contributed by atoms with E-state index in [0.29, 0.717) is 22.7 Å². The van der Waals surface area contributed by atoms with E-state index in [1.807, 2.05) is 31.2 Å². The molecule has 1 aromatic heterocycles. The molecule has 0 aliphatic carbocycles. The molecule has 7 nitrogen and oxygen atoms in total. The van der Waals surface area contributed by atoms with E-state index in [9.17, 15) is 9.59 Å². The van der Waals surface area contributed by atoms with Crippen LogP contribution in [-0.4, -0.2) is 33.9 Å². The fraction of sp³-hybridized carbons (Fsp3) is 0.238. The van der Waals surface area contributed by atoms with Crippen LogP contribution >= 0.6 is 0 Å². The lowest BCUT2D eigenvalue weighted by Gasteiger charge is -2.22. The number of urea groups is 1. The summed E-state index contributed by atoms with van der Waals surface area (Å²) in [4.78, 5) is 36.1. The molecule has 3 amide bonds. The number of aryl methyl sites for hydroxylation is 1. The van der Waals surface area contributed by atoms with E-state index in [1.54, 1.807) is 38.3 Å². The Balaban J connectivity index is 1.65. The van der Waals surface area contributed by atoms with E-state index in [0.717, 1.165) is 11.0 Å². The SMILES string of the molecule is COc1ccc([C@]2(C)NC(=O)N(Cc3nc4ccccc4nc3C)C2=O)cc1. The van der Waals surface area contributed by atoms with Crippen molar-refractivity contribution in [1.29, 1.82) is 0 Å². The van der Waals surface area contributed by atoms with E-state index in [4.69, 9.17) is 4.74 Å². The molecule has 1 N–H and O–H groups in total. The number of nitrogens with zero attached hydrogens (tertiary/aromatic N) is 3. The van der Waals surface area contributed by atoms with Crippen LogP contribution in [0.4, 0.5) is 4.79 Å². The molecule has 3 aromatic rings. The highest BCUT2D eigenvalue weighted by Crippen LogP contribution is 2.31. The molecular formula is C21H20N4O3. The molecule has 2 aromatic carbocycles. The van der Waals surface area contributed by atoms with Crippen molar-refractivity contribution in [2.45, 2.75) is 25.9 Å². The highest BCUT2D eigenvalue weighted by Gasteiger charge is 2.49. The quantitative estimate of drug-likeness (QED) is 0.708. The maximum Gasteiger partial charge on any atom is 0.325 e. The van der Waals surface area contributed by atoms with Crippen LogP contribution in [-0.2, 0) is 16.9 Å². The van der Waals surface area contributed by atoms with Crippen LogP contribution in [0.5, 0.6) is 5.75 Å². The maximum atomic E-state index is 13.1. The van der Waals surface area contributed by atoms with Crippen molar-refractivity contribution in [1.82, 2.24) is 20.2 Å². The van der Waals surface area contributed by atoms with Crippen LogP contribution in [0.15, 0.2) is 48.5 Å². The molecule has 0 bridgehead atoms. The molecule has 4 rings (SSSR count). The average Bonchev–Trinajstić information content (AvgIpc) is 2.92. The Bertz CT molecular complexity index is 1080. The first-order valence-corrected chi connectivity index (χ1v) is 8.93. The largest absolute Gasteiger partial charge is 0.497 e. The summed E-state index contributed by atoms with van der Waals surface area (Å²) in [6.07, 6.45) is 0. The molecule has 142 valence electrons. The standard InChI is InChI=1S/C21H20N4O3/c1-13-18(23-17-7-5-4-6-16(17)22-13)12-25-19(26)21(2,24-20(25)27)14-8-10-15(28-3)11-9-14/h4-11H,12H2,1-3H3,(H,24,27)/t21-/m0/s1. The Morgan fingerprint density at radius 3 is 2.32 bits per heavy atom. The maximum absolute atomic E-state index is 13.1. The van der Waals surface area contributed by atoms with Crippen LogP contribution < -0.4 is 10.1 Å². The minimum absolute atomic E-state index is 0.0695. The summed E-state index contributed by atoms with van der Waals surface area (Å²) in [5, 5.41) is 2.81. The van der Waals surface area contributed by atoms with Crippen LogP contribution in [0.2, 0.25) is 0 Å². The van der Waals surface area contributed by atoms with Crippen molar-refractivity contribution in [3.63, 3.8) is 0 Å². The first-order valence-electron chi connectivity index (χ1n) is 8.93. The summed E-state index contributed by atoms with van der Waals surface area (Å²) in [5.74, 6) is 0.361. The summed E-state index contributed by atoms with van der Waals surface area (Å²) < 4.78 is 5.16. The fourth-order valence-corrected chi connectivity index (χ4v) is 3.38. The fourth-order valence-electron chi connectivity index (χ4n) is 3.38. The third-order valence-electron chi connectivity index (χ3n) is 5.09. The van der Waals surface area contributed by atoms with Gasteiger partial charge in [0.05, 0.1) is 36.1 Å². The Morgan fingerprint density at radius 2 is 1.68 bits per heavy atom. The highest BCUT2D eigenvalue weighted by molar-refractivity contribution is 6.07. The third kappa shape index (κ3) is 2.85. The number of carbonyl (C=O) groups excluding carboxylic acids is 2. The molecule has 0 spiro atoms. The molecule has 1 atom stereocenters. The highest BCUT2D eigenvalue weighted by atomic mass is 16.5. The summed E-state index contributed by atoms with van der Waals surface area (Å²) >= 11 is 0. The van der Waals surface area contributed by atoms with Gasteiger partial charge in [0, 0.05) is 0 Å². The van der Waals surface area contributed by atoms with Gasteiger partial charge in [-0.3, -0.25) is 9.69 Å². The molecule has 1 aliphatic rings. The van der Waals surface area contributed by atoms with Crippen LogP contribution in [0.25, 0.3) is 11.0 Å². The lowest BCUT2D eigenvalue weighted by atomic mass is 9.92. The monoisotopic (exact) mass is 376 g/mol. The van der Waals surface area contributed by atoms with Gasteiger partial charge < -0.3 is 10.1 Å². The Labute approximate surface area is 162 Å². The van der Waals surface area contributed by atoms with Crippen molar-refractivity contribution in [3.05, 3.63) is 65.5 Å². The Kier molecular flexibility index (Phi) is 4.22. The van der Waals surface area contributed by atoms with Crippen LogP contribution in [0, 0.1) is 6.92 Å². The van der Waals surface area contributed by atoms with Gasteiger partial charge in [-0.1, -0.05) is 24.3 Å². The molecular weight excluding hydrogens is 356 g/mol. The molecule has 0 unspecified atom stereocenters. The Hall–Kier alpha value is -3.48. The predicted octanol–water partition coefficient (Wildman–Crippen LogP) is 2.91. The second kappa shape index (κ2) is 6.60. The number of hydrogen-bond donors (Lipinski definition) is 1. The van der Waals surface area contributed by atoms with E-state index in [2.05, 4.69) is 15.3 Å². The predicted molar refractivity (Wildman–Crippen MR) is 104 cm³/mol. The first kappa shape index (κ1) is 17.9. The summed E-state index contributed by atoms with van der Waals surface area (Å²) in [5.41, 5.74) is 2.35. The first-order chi connectivity index (χ1) is 13.4. The minimum Gasteiger partial charge on any atom is -0.497 e. The van der Waals surface area contributed by atoms with E-state index < -0.39 is 11.6 Å². The number of hydrogen-bond acceptors (Lipinski definition) is 5. The molecule has 2 heterocycles. The molecule has 7 heteroatoms. The van der Waals surface area contributed by atoms with Gasteiger partial charge >= 0.3 is 6.03 Å². The smallest absolute Gasteiger partial charge is 0.325 e.